The van der Waals surface area contributed by atoms with Gasteiger partial charge in [0, 0.05) is 23.8 Å². The van der Waals surface area contributed by atoms with E-state index in [9.17, 15) is 9.50 Å². The van der Waals surface area contributed by atoms with Crippen molar-refractivity contribution >= 4 is 5.69 Å². The van der Waals surface area contributed by atoms with E-state index < -0.39 is 0 Å². The Labute approximate surface area is 94.7 Å². The molecule has 1 unspecified atom stereocenters. The van der Waals surface area contributed by atoms with Crippen molar-refractivity contribution in [1.82, 2.24) is 4.90 Å². The van der Waals surface area contributed by atoms with E-state index >= 15 is 0 Å². The van der Waals surface area contributed by atoms with Gasteiger partial charge in [-0.2, -0.15) is 0 Å². The molecule has 0 saturated carbocycles. The second kappa shape index (κ2) is 4.80. The molecule has 1 aromatic rings. The maximum atomic E-state index is 13.6. The van der Waals surface area contributed by atoms with Crippen LogP contribution in [0.3, 0.4) is 0 Å². The third-order valence-electron chi connectivity index (χ3n) is 3.23. The van der Waals surface area contributed by atoms with Crippen LogP contribution in [0.4, 0.5) is 10.1 Å². The van der Waals surface area contributed by atoms with Crippen molar-refractivity contribution < 1.29 is 9.50 Å². The summed E-state index contributed by atoms with van der Waals surface area (Å²) < 4.78 is 13.6. The Morgan fingerprint density at radius 2 is 2.31 bits per heavy atom. The molecule has 0 aliphatic carbocycles. The third-order valence-corrected chi connectivity index (χ3v) is 3.23. The van der Waals surface area contributed by atoms with Crippen molar-refractivity contribution in [2.24, 2.45) is 0 Å². The van der Waals surface area contributed by atoms with Crippen LogP contribution in [0, 0.1) is 5.82 Å². The highest BCUT2D eigenvalue weighted by Crippen LogP contribution is 2.23. The van der Waals surface area contributed by atoms with Crippen molar-refractivity contribution in [2.45, 2.75) is 25.4 Å². The van der Waals surface area contributed by atoms with E-state index in [0.29, 0.717) is 17.8 Å². The molecule has 0 aromatic heterocycles. The van der Waals surface area contributed by atoms with Crippen LogP contribution in [0.15, 0.2) is 18.2 Å². The second-order valence-corrected chi connectivity index (χ2v) is 4.26. The first kappa shape index (κ1) is 11.4. The molecule has 88 valence electrons. The van der Waals surface area contributed by atoms with Crippen LogP contribution in [-0.2, 0) is 6.54 Å². The van der Waals surface area contributed by atoms with Crippen molar-refractivity contribution in [2.75, 3.05) is 18.9 Å². The molecule has 1 aliphatic rings. The van der Waals surface area contributed by atoms with Crippen LogP contribution < -0.4 is 5.73 Å². The van der Waals surface area contributed by atoms with Crippen LogP contribution in [0.25, 0.3) is 0 Å². The summed E-state index contributed by atoms with van der Waals surface area (Å²) >= 11 is 0. The fourth-order valence-corrected chi connectivity index (χ4v) is 2.26. The average Bonchev–Trinajstić information content (AvgIpc) is 2.71. The van der Waals surface area contributed by atoms with Crippen LogP contribution >= 0.6 is 0 Å². The first-order chi connectivity index (χ1) is 7.72. The van der Waals surface area contributed by atoms with E-state index in [4.69, 9.17) is 5.73 Å². The summed E-state index contributed by atoms with van der Waals surface area (Å²) in [6.07, 6.45) is 2.03. The summed E-state index contributed by atoms with van der Waals surface area (Å²) in [5, 5.41) is 9.19. The smallest absolute Gasteiger partial charge is 0.129 e. The molecular weight excluding hydrogens is 207 g/mol. The van der Waals surface area contributed by atoms with Crippen LogP contribution in [0.5, 0.6) is 0 Å². The lowest BCUT2D eigenvalue weighted by molar-refractivity contribution is 0.152. The lowest BCUT2D eigenvalue weighted by Gasteiger charge is -2.23. The summed E-state index contributed by atoms with van der Waals surface area (Å²) in [7, 11) is 0. The predicted octanol–water partition coefficient (Wildman–Crippen LogP) is 1.36. The number of nitrogens with zero attached hydrogens (tertiary/aromatic N) is 1. The number of hydrogen-bond donors (Lipinski definition) is 2. The van der Waals surface area contributed by atoms with Gasteiger partial charge < -0.3 is 10.8 Å². The van der Waals surface area contributed by atoms with Crippen LogP contribution in [0.2, 0.25) is 0 Å². The molecule has 16 heavy (non-hydrogen) atoms. The molecule has 1 fully saturated rings. The molecule has 3 nitrogen and oxygen atoms in total. The molecule has 1 aliphatic heterocycles. The van der Waals surface area contributed by atoms with Gasteiger partial charge in [-0.25, -0.2) is 4.39 Å². The van der Waals surface area contributed by atoms with E-state index in [1.165, 1.54) is 6.07 Å². The first-order valence-corrected chi connectivity index (χ1v) is 5.60. The molecular formula is C12H17FN2O. The number of likely N-dealkylation sites (tertiary alicyclic amines) is 1. The molecule has 3 N–H and O–H groups in total. The SMILES string of the molecule is Nc1cccc(F)c1CN1CCCC1CO. The standard InChI is InChI=1S/C12H17FN2O/c13-11-4-1-5-12(14)10(11)7-15-6-2-3-9(15)8-16/h1,4-5,9,16H,2-3,6-8,14H2. The fourth-order valence-electron chi connectivity index (χ4n) is 2.26. The molecule has 0 bridgehead atoms. The van der Waals surface area contributed by atoms with Crippen LogP contribution in [-0.4, -0.2) is 29.2 Å². The summed E-state index contributed by atoms with van der Waals surface area (Å²) in [5.74, 6) is -0.261. The Morgan fingerprint density at radius 1 is 1.50 bits per heavy atom. The number of nitrogen functional groups attached to an aromatic ring is 1. The summed E-state index contributed by atoms with van der Waals surface area (Å²) in [5.41, 5.74) is 6.79. The normalized spacial score (nSPS) is 21.5. The van der Waals surface area contributed by atoms with E-state index in [0.717, 1.165) is 19.4 Å². The third kappa shape index (κ3) is 2.18. The zero-order chi connectivity index (χ0) is 11.5. The molecule has 0 spiro atoms. The Kier molecular flexibility index (Phi) is 3.41. The van der Waals surface area contributed by atoms with E-state index in [-0.39, 0.29) is 18.5 Å². The number of anilines is 1. The quantitative estimate of drug-likeness (QED) is 0.762. The number of hydrogen-bond acceptors (Lipinski definition) is 3. The van der Waals surface area contributed by atoms with Gasteiger partial charge in [-0.3, -0.25) is 4.90 Å². The highest BCUT2D eigenvalue weighted by Gasteiger charge is 2.24. The Hall–Kier alpha value is -1.13. The topological polar surface area (TPSA) is 49.5 Å². The largest absolute Gasteiger partial charge is 0.398 e. The highest BCUT2D eigenvalue weighted by atomic mass is 19.1. The maximum absolute atomic E-state index is 13.6. The maximum Gasteiger partial charge on any atom is 0.129 e. The molecule has 1 atom stereocenters. The number of rotatable bonds is 3. The zero-order valence-electron chi connectivity index (χ0n) is 9.19. The Morgan fingerprint density at radius 3 is 3.00 bits per heavy atom. The number of benzene rings is 1. The molecule has 1 saturated heterocycles. The molecule has 0 amide bonds. The van der Waals surface area contributed by atoms with Gasteiger partial charge in [-0.1, -0.05) is 6.07 Å². The van der Waals surface area contributed by atoms with Crippen LogP contribution in [0.1, 0.15) is 18.4 Å². The highest BCUT2D eigenvalue weighted by molar-refractivity contribution is 5.47. The lowest BCUT2D eigenvalue weighted by atomic mass is 10.1. The van der Waals surface area contributed by atoms with E-state index in [1.54, 1.807) is 12.1 Å². The minimum absolute atomic E-state index is 0.133. The van der Waals surface area contributed by atoms with E-state index in [1.807, 2.05) is 0 Å². The van der Waals surface area contributed by atoms with Gasteiger partial charge in [0.25, 0.3) is 0 Å². The molecule has 4 heteroatoms. The van der Waals surface area contributed by atoms with Gasteiger partial charge in [0.2, 0.25) is 0 Å². The first-order valence-electron chi connectivity index (χ1n) is 5.60. The van der Waals surface area contributed by atoms with Gasteiger partial charge in [-0.05, 0) is 31.5 Å². The number of halogens is 1. The van der Waals surface area contributed by atoms with Crippen molar-refractivity contribution in [1.29, 1.82) is 0 Å². The average molecular weight is 224 g/mol. The monoisotopic (exact) mass is 224 g/mol. The zero-order valence-corrected chi connectivity index (χ0v) is 9.19. The lowest BCUT2D eigenvalue weighted by Crippen LogP contribution is -2.32. The summed E-state index contributed by atoms with van der Waals surface area (Å²) in [6, 6.07) is 4.90. The fraction of sp³-hybridized carbons (Fsp3) is 0.500. The summed E-state index contributed by atoms with van der Waals surface area (Å²) in [6.45, 7) is 1.52. The number of aliphatic hydroxyl groups is 1. The van der Waals surface area contributed by atoms with Gasteiger partial charge in [0.1, 0.15) is 5.82 Å². The predicted molar refractivity (Wildman–Crippen MR) is 61.3 cm³/mol. The van der Waals surface area contributed by atoms with Crippen molar-refractivity contribution in [3.63, 3.8) is 0 Å². The van der Waals surface area contributed by atoms with Gasteiger partial charge in [0.15, 0.2) is 0 Å². The van der Waals surface area contributed by atoms with Crippen molar-refractivity contribution in [3.8, 4) is 0 Å². The van der Waals surface area contributed by atoms with Crippen molar-refractivity contribution in [3.05, 3.63) is 29.6 Å². The van der Waals surface area contributed by atoms with Gasteiger partial charge in [0.05, 0.1) is 6.61 Å². The molecule has 1 heterocycles. The molecule has 0 radical (unpaired) electrons. The Balaban J connectivity index is 2.14. The summed E-state index contributed by atoms with van der Waals surface area (Å²) in [4.78, 5) is 2.09. The van der Waals surface area contributed by atoms with Gasteiger partial charge >= 0.3 is 0 Å². The second-order valence-electron chi connectivity index (χ2n) is 4.26. The Bertz CT molecular complexity index is 350. The molecule has 2 rings (SSSR count). The van der Waals surface area contributed by atoms with Gasteiger partial charge in [-0.15, -0.1) is 0 Å². The number of nitrogens with two attached hydrogens (primary N) is 1. The van der Waals surface area contributed by atoms with E-state index in [2.05, 4.69) is 4.90 Å². The minimum Gasteiger partial charge on any atom is -0.398 e. The minimum atomic E-state index is -0.261. The molecule has 1 aromatic carbocycles. The number of aliphatic hydroxyl groups excluding tert-OH is 1.